The number of carbonyl (C=O) groups is 2. The lowest BCUT2D eigenvalue weighted by Crippen LogP contribution is -2.48. The maximum Gasteiger partial charge on any atom is 0.244 e. The lowest BCUT2D eigenvalue weighted by Gasteiger charge is -2.29. The molecule has 0 saturated carbocycles. The zero-order valence-corrected chi connectivity index (χ0v) is 13.7. The van der Waals surface area contributed by atoms with Gasteiger partial charge in [-0.15, -0.1) is 0 Å². The summed E-state index contributed by atoms with van der Waals surface area (Å²) < 4.78 is 0. The van der Waals surface area contributed by atoms with Crippen molar-refractivity contribution >= 4 is 11.8 Å². The summed E-state index contributed by atoms with van der Waals surface area (Å²) in [5, 5.41) is 2.83. The van der Waals surface area contributed by atoms with Crippen molar-refractivity contribution in [3.8, 4) is 0 Å². The maximum atomic E-state index is 12.3. The van der Waals surface area contributed by atoms with E-state index in [1.54, 1.807) is 6.92 Å². The lowest BCUT2D eigenvalue weighted by atomic mass is 9.94. The molecule has 1 fully saturated rings. The number of nitrogens with one attached hydrogen (secondary N) is 1. The summed E-state index contributed by atoms with van der Waals surface area (Å²) in [6.07, 6.45) is 4.68. The molecule has 21 heavy (non-hydrogen) atoms. The molecule has 2 amide bonds. The average molecular weight is 297 g/mol. The van der Waals surface area contributed by atoms with Gasteiger partial charge in [-0.05, 0) is 51.0 Å². The molecule has 0 spiro atoms. The van der Waals surface area contributed by atoms with Crippen molar-refractivity contribution in [3.05, 3.63) is 0 Å². The fourth-order valence-electron chi connectivity index (χ4n) is 2.94. The highest BCUT2D eigenvalue weighted by molar-refractivity contribution is 5.87. The van der Waals surface area contributed by atoms with Crippen LogP contribution in [-0.4, -0.2) is 42.4 Å². The summed E-state index contributed by atoms with van der Waals surface area (Å²) in [5.41, 5.74) is 5.72. The number of likely N-dealkylation sites (tertiary alicyclic amines) is 1. The smallest absolute Gasteiger partial charge is 0.244 e. The van der Waals surface area contributed by atoms with Crippen LogP contribution < -0.4 is 11.1 Å². The minimum absolute atomic E-state index is 0.0382. The van der Waals surface area contributed by atoms with Crippen LogP contribution in [-0.2, 0) is 9.59 Å². The molecule has 5 nitrogen and oxygen atoms in total. The van der Waals surface area contributed by atoms with E-state index in [1.165, 1.54) is 6.42 Å². The van der Waals surface area contributed by atoms with Gasteiger partial charge in [0.2, 0.25) is 11.8 Å². The number of hydrogen-bond acceptors (Lipinski definition) is 3. The molecule has 0 bridgehead atoms. The summed E-state index contributed by atoms with van der Waals surface area (Å²) in [6, 6.07) is -0.437. The van der Waals surface area contributed by atoms with E-state index in [0.29, 0.717) is 18.9 Å². The fourth-order valence-corrected chi connectivity index (χ4v) is 2.94. The quantitative estimate of drug-likeness (QED) is 0.748. The van der Waals surface area contributed by atoms with E-state index < -0.39 is 6.04 Å². The van der Waals surface area contributed by atoms with Crippen LogP contribution in [0, 0.1) is 11.8 Å². The first-order valence-electron chi connectivity index (χ1n) is 8.22. The normalized spacial score (nSPS) is 18.4. The molecule has 1 aliphatic heterocycles. The molecule has 0 aromatic rings. The first-order chi connectivity index (χ1) is 9.93. The number of carbonyl (C=O) groups excluding carboxylic acids is 2. The van der Waals surface area contributed by atoms with Gasteiger partial charge in [0.1, 0.15) is 6.04 Å². The lowest BCUT2D eigenvalue weighted by molar-refractivity contribution is -0.136. The summed E-state index contributed by atoms with van der Waals surface area (Å²) in [7, 11) is 0. The van der Waals surface area contributed by atoms with Crippen LogP contribution in [0.15, 0.2) is 0 Å². The number of amides is 2. The summed E-state index contributed by atoms with van der Waals surface area (Å²) >= 11 is 0. The van der Waals surface area contributed by atoms with Crippen molar-refractivity contribution in [1.29, 1.82) is 0 Å². The summed E-state index contributed by atoms with van der Waals surface area (Å²) in [4.78, 5) is 26.2. The van der Waals surface area contributed by atoms with E-state index in [9.17, 15) is 9.59 Å². The third-order valence-corrected chi connectivity index (χ3v) is 4.03. The second-order valence-corrected chi connectivity index (χ2v) is 6.61. The van der Waals surface area contributed by atoms with Gasteiger partial charge in [-0.25, -0.2) is 0 Å². The molecular formula is C16H31N3O2. The number of nitrogens with zero attached hydrogens (tertiary/aromatic N) is 1. The Morgan fingerprint density at radius 1 is 1.14 bits per heavy atom. The number of nitrogens with two attached hydrogens (primary N) is 1. The second kappa shape index (κ2) is 9.03. The SMILES string of the molecule is CC(C)C[C@H](CN)CC(=O)NC(C)C(=O)N1CCCCC1. The van der Waals surface area contributed by atoms with Crippen LogP contribution in [0.5, 0.6) is 0 Å². The topological polar surface area (TPSA) is 75.4 Å². The molecule has 0 radical (unpaired) electrons. The zero-order chi connectivity index (χ0) is 15.8. The van der Waals surface area contributed by atoms with Crippen LogP contribution in [0.2, 0.25) is 0 Å². The van der Waals surface area contributed by atoms with Gasteiger partial charge in [0.05, 0.1) is 0 Å². The third-order valence-electron chi connectivity index (χ3n) is 4.03. The zero-order valence-electron chi connectivity index (χ0n) is 13.7. The van der Waals surface area contributed by atoms with Gasteiger partial charge >= 0.3 is 0 Å². The Kier molecular flexibility index (Phi) is 7.72. The molecule has 0 aromatic carbocycles. The van der Waals surface area contributed by atoms with E-state index in [4.69, 9.17) is 5.73 Å². The molecule has 1 unspecified atom stereocenters. The van der Waals surface area contributed by atoms with Gasteiger partial charge in [-0.1, -0.05) is 13.8 Å². The third kappa shape index (κ3) is 6.46. The van der Waals surface area contributed by atoms with E-state index in [2.05, 4.69) is 19.2 Å². The van der Waals surface area contributed by atoms with Gasteiger partial charge < -0.3 is 16.0 Å². The second-order valence-electron chi connectivity index (χ2n) is 6.61. The van der Waals surface area contributed by atoms with Crippen LogP contribution in [0.25, 0.3) is 0 Å². The molecule has 1 heterocycles. The molecule has 2 atom stereocenters. The van der Waals surface area contributed by atoms with Gasteiger partial charge in [0.25, 0.3) is 0 Å². The number of rotatable bonds is 7. The van der Waals surface area contributed by atoms with E-state index in [1.807, 2.05) is 4.90 Å². The van der Waals surface area contributed by atoms with Crippen molar-refractivity contribution in [2.45, 2.75) is 58.9 Å². The largest absolute Gasteiger partial charge is 0.345 e. The Morgan fingerprint density at radius 3 is 2.29 bits per heavy atom. The highest BCUT2D eigenvalue weighted by Crippen LogP contribution is 2.14. The van der Waals surface area contributed by atoms with Crippen molar-refractivity contribution in [2.75, 3.05) is 19.6 Å². The standard InChI is InChI=1S/C16H31N3O2/c1-12(2)9-14(11-17)10-15(20)18-13(3)16(21)19-7-5-4-6-8-19/h12-14H,4-11,17H2,1-3H3,(H,18,20)/t13?,14-/m0/s1. The Hall–Kier alpha value is -1.10. The van der Waals surface area contributed by atoms with Crippen molar-refractivity contribution < 1.29 is 9.59 Å². The molecule has 122 valence electrons. The number of hydrogen-bond donors (Lipinski definition) is 2. The highest BCUT2D eigenvalue weighted by Gasteiger charge is 2.24. The molecule has 1 saturated heterocycles. The molecule has 5 heteroatoms. The minimum atomic E-state index is -0.437. The van der Waals surface area contributed by atoms with E-state index in [-0.39, 0.29) is 17.7 Å². The molecule has 0 aromatic heterocycles. The summed E-state index contributed by atoms with van der Waals surface area (Å²) in [6.45, 7) is 8.18. The van der Waals surface area contributed by atoms with Crippen molar-refractivity contribution in [2.24, 2.45) is 17.6 Å². The Balaban J connectivity index is 2.39. The van der Waals surface area contributed by atoms with Crippen molar-refractivity contribution in [3.63, 3.8) is 0 Å². The molecule has 3 N–H and O–H groups in total. The number of piperidine rings is 1. The van der Waals surface area contributed by atoms with E-state index >= 15 is 0 Å². The first-order valence-corrected chi connectivity index (χ1v) is 8.22. The predicted molar refractivity (Wildman–Crippen MR) is 84.7 cm³/mol. The van der Waals surface area contributed by atoms with Crippen LogP contribution in [0.4, 0.5) is 0 Å². The van der Waals surface area contributed by atoms with Gasteiger partial charge in [-0.3, -0.25) is 9.59 Å². The van der Waals surface area contributed by atoms with Gasteiger partial charge in [0, 0.05) is 19.5 Å². The fraction of sp³-hybridized carbons (Fsp3) is 0.875. The maximum absolute atomic E-state index is 12.3. The molecule has 1 aliphatic rings. The minimum Gasteiger partial charge on any atom is -0.345 e. The first kappa shape index (κ1) is 18.0. The Labute approximate surface area is 128 Å². The Bertz CT molecular complexity index is 338. The van der Waals surface area contributed by atoms with Gasteiger partial charge in [0.15, 0.2) is 0 Å². The Morgan fingerprint density at radius 2 is 1.76 bits per heavy atom. The van der Waals surface area contributed by atoms with Crippen molar-refractivity contribution in [1.82, 2.24) is 10.2 Å². The van der Waals surface area contributed by atoms with Crippen LogP contribution in [0.3, 0.4) is 0 Å². The van der Waals surface area contributed by atoms with Crippen LogP contribution in [0.1, 0.15) is 52.9 Å². The monoisotopic (exact) mass is 297 g/mol. The predicted octanol–water partition coefficient (Wildman–Crippen LogP) is 1.51. The van der Waals surface area contributed by atoms with E-state index in [0.717, 1.165) is 32.4 Å². The molecular weight excluding hydrogens is 266 g/mol. The molecule has 1 rings (SSSR count). The highest BCUT2D eigenvalue weighted by atomic mass is 16.2. The van der Waals surface area contributed by atoms with Gasteiger partial charge in [-0.2, -0.15) is 0 Å². The molecule has 0 aliphatic carbocycles. The van der Waals surface area contributed by atoms with Crippen LogP contribution >= 0.6 is 0 Å². The summed E-state index contributed by atoms with van der Waals surface area (Å²) in [5.74, 6) is 0.696. The average Bonchev–Trinajstić information content (AvgIpc) is 2.45.